The van der Waals surface area contributed by atoms with Crippen LogP contribution in [0.3, 0.4) is 0 Å². The van der Waals surface area contributed by atoms with Crippen molar-refractivity contribution in [1.29, 1.82) is 0 Å². The molecule has 0 saturated carbocycles. The predicted molar refractivity (Wildman–Crippen MR) is 111 cm³/mol. The molecule has 29 heavy (non-hydrogen) atoms. The monoisotopic (exact) mass is 396 g/mol. The molecule has 2 N–H and O–H groups in total. The molecule has 0 spiro atoms. The van der Waals surface area contributed by atoms with Gasteiger partial charge in [-0.2, -0.15) is 0 Å². The Morgan fingerprint density at radius 2 is 1.76 bits per heavy atom. The van der Waals surface area contributed by atoms with E-state index < -0.39 is 17.7 Å². The van der Waals surface area contributed by atoms with Crippen LogP contribution in [0.15, 0.2) is 48.5 Å². The lowest BCUT2D eigenvalue weighted by molar-refractivity contribution is -0.132. The number of para-hydroxylation sites is 1. The largest absolute Gasteiger partial charge is 0.491 e. The maximum Gasteiger partial charge on any atom is 0.325 e. The van der Waals surface area contributed by atoms with Gasteiger partial charge in [-0.05, 0) is 42.5 Å². The number of amides is 3. The third-order valence-corrected chi connectivity index (χ3v) is 5.35. The molecule has 6 nitrogen and oxygen atoms in total. The Kier molecular flexibility index (Phi) is 5.94. The minimum absolute atomic E-state index is 0.0122. The van der Waals surface area contributed by atoms with Crippen molar-refractivity contribution in [1.82, 2.24) is 10.2 Å². The van der Waals surface area contributed by atoms with Crippen LogP contribution in [0.2, 0.25) is 0 Å². The fourth-order valence-corrected chi connectivity index (χ4v) is 3.43. The molecule has 6 heteroatoms. The number of carbonyl (C=O) groups excluding carboxylic acids is 2. The zero-order chi connectivity index (χ0) is 21.2. The van der Waals surface area contributed by atoms with Crippen molar-refractivity contribution in [3.8, 4) is 5.75 Å². The first-order chi connectivity index (χ1) is 13.7. The Hall–Kier alpha value is -2.86. The smallest absolute Gasteiger partial charge is 0.325 e. The van der Waals surface area contributed by atoms with E-state index in [1.807, 2.05) is 55.5 Å². The van der Waals surface area contributed by atoms with Crippen molar-refractivity contribution in [2.45, 2.75) is 45.3 Å². The molecule has 0 bridgehead atoms. The molecule has 2 atom stereocenters. The molecule has 3 amide bonds. The van der Waals surface area contributed by atoms with Crippen molar-refractivity contribution >= 4 is 11.9 Å². The van der Waals surface area contributed by atoms with Crippen LogP contribution < -0.4 is 10.1 Å². The number of hydrogen-bond acceptors (Lipinski definition) is 4. The zero-order valence-electron chi connectivity index (χ0n) is 17.3. The lowest BCUT2D eigenvalue weighted by Gasteiger charge is -2.23. The summed E-state index contributed by atoms with van der Waals surface area (Å²) < 4.78 is 5.63. The molecule has 1 aliphatic rings. The Balaban J connectivity index is 1.67. The van der Waals surface area contributed by atoms with Gasteiger partial charge in [0, 0.05) is 0 Å². The summed E-state index contributed by atoms with van der Waals surface area (Å²) in [5, 5.41) is 13.1. The molecule has 2 aromatic carbocycles. The second-order valence-corrected chi connectivity index (χ2v) is 7.98. The van der Waals surface area contributed by atoms with Crippen molar-refractivity contribution in [2.24, 2.45) is 0 Å². The molecular formula is C23H28N2O4. The van der Waals surface area contributed by atoms with E-state index in [0.717, 1.165) is 16.0 Å². The highest BCUT2D eigenvalue weighted by Gasteiger charge is 2.49. The average Bonchev–Trinajstić information content (AvgIpc) is 2.91. The van der Waals surface area contributed by atoms with E-state index in [0.29, 0.717) is 17.2 Å². The summed E-state index contributed by atoms with van der Waals surface area (Å²) in [7, 11) is 0. The van der Waals surface area contributed by atoms with Crippen molar-refractivity contribution in [3.05, 3.63) is 65.2 Å². The van der Waals surface area contributed by atoms with E-state index in [4.69, 9.17) is 4.74 Å². The Bertz CT molecular complexity index is 894. The Labute approximate surface area is 171 Å². The number of aliphatic hydroxyl groups is 1. The van der Waals surface area contributed by atoms with E-state index in [-0.39, 0.29) is 19.1 Å². The fraction of sp³-hybridized carbons (Fsp3) is 0.391. The second-order valence-electron chi connectivity index (χ2n) is 7.98. The Morgan fingerprint density at radius 1 is 1.10 bits per heavy atom. The lowest BCUT2D eigenvalue weighted by atomic mass is 9.90. The number of imide groups is 1. The van der Waals surface area contributed by atoms with E-state index >= 15 is 0 Å². The molecule has 154 valence electrons. The minimum atomic E-state index is -1.15. The quantitative estimate of drug-likeness (QED) is 0.704. The summed E-state index contributed by atoms with van der Waals surface area (Å²) in [4.78, 5) is 26.5. The average molecular weight is 396 g/mol. The van der Waals surface area contributed by atoms with Crippen molar-refractivity contribution in [2.75, 3.05) is 13.2 Å². The second kappa shape index (κ2) is 8.25. The first-order valence-corrected chi connectivity index (χ1v) is 9.83. The van der Waals surface area contributed by atoms with Gasteiger partial charge in [0.1, 0.15) is 24.0 Å². The number of β-amino-alcohol motifs (C(OH)–C–C–N with tert-alkyl or cyclic N) is 1. The number of urea groups is 1. The number of aryl methyl sites for hydroxylation is 1. The van der Waals surface area contributed by atoms with E-state index in [9.17, 15) is 14.7 Å². The molecule has 0 aliphatic carbocycles. The highest BCUT2D eigenvalue weighted by Crippen LogP contribution is 2.30. The molecule has 2 aromatic rings. The SMILES string of the molecule is Cc1ccccc1OC[C@@H](O)CN1C(=O)N[C@](C)(c2ccc(C(C)C)cc2)C1=O. The molecule has 3 rings (SSSR count). The van der Waals surface area contributed by atoms with Crippen LogP contribution in [0.25, 0.3) is 0 Å². The van der Waals surface area contributed by atoms with Crippen LogP contribution in [0.5, 0.6) is 5.75 Å². The standard InChI is InChI=1S/C23H28N2O4/c1-15(2)17-9-11-18(12-10-17)23(4)21(27)25(22(28)24-23)13-19(26)14-29-20-8-6-5-7-16(20)3/h5-12,15,19,26H,13-14H2,1-4H3,(H,24,28)/t19-,23+/m0/s1. The normalized spacial score (nSPS) is 20.1. The van der Waals surface area contributed by atoms with E-state index in [2.05, 4.69) is 19.2 Å². The first kappa shape index (κ1) is 20.9. The van der Waals surface area contributed by atoms with Gasteiger partial charge >= 0.3 is 6.03 Å². The zero-order valence-corrected chi connectivity index (χ0v) is 17.3. The van der Waals surface area contributed by atoms with Gasteiger partial charge < -0.3 is 15.2 Å². The van der Waals surface area contributed by atoms with Crippen LogP contribution in [0.4, 0.5) is 4.79 Å². The molecule has 1 aliphatic heterocycles. The maximum absolute atomic E-state index is 13.0. The van der Waals surface area contributed by atoms with Gasteiger partial charge in [-0.1, -0.05) is 56.3 Å². The number of benzene rings is 2. The minimum Gasteiger partial charge on any atom is -0.491 e. The third kappa shape index (κ3) is 4.27. The summed E-state index contributed by atoms with van der Waals surface area (Å²) in [6.45, 7) is 7.66. The highest BCUT2D eigenvalue weighted by molar-refractivity contribution is 6.07. The Morgan fingerprint density at radius 3 is 2.38 bits per heavy atom. The van der Waals surface area contributed by atoms with Gasteiger partial charge in [0.05, 0.1) is 6.54 Å². The maximum atomic E-state index is 13.0. The van der Waals surface area contributed by atoms with Gasteiger partial charge in [0.2, 0.25) is 0 Å². The van der Waals surface area contributed by atoms with Gasteiger partial charge in [-0.25, -0.2) is 4.79 Å². The van der Waals surface area contributed by atoms with Crippen LogP contribution in [-0.4, -0.2) is 41.2 Å². The molecule has 1 fully saturated rings. The highest BCUT2D eigenvalue weighted by atomic mass is 16.5. The number of hydrogen-bond donors (Lipinski definition) is 2. The third-order valence-electron chi connectivity index (χ3n) is 5.35. The van der Waals surface area contributed by atoms with Crippen LogP contribution in [-0.2, 0) is 10.3 Å². The molecule has 0 aromatic heterocycles. The fourth-order valence-electron chi connectivity index (χ4n) is 3.43. The summed E-state index contributed by atoms with van der Waals surface area (Å²) in [6, 6.07) is 14.6. The van der Waals surface area contributed by atoms with Gasteiger partial charge in [0.25, 0.3) is 5.91 Å². The van der Waals surface area contributed by atoms with Gasteiger partial charge in [0.15, 0.2) is 0 Å². The van der Waals surface area contributed by atoms with E-state index in [1.165, 1.54) is 0 Å². The van der Waals surface area contributed by atoms with Crippen LogP contribution in [0.1, 0.15) is 43.4 Å². The summed E-state index contributed by atoms with van der Waals surface area (Å²) in [5.41, 5.74) is 1.68. The number of nitrogens with zero attached hydrogens (tertiary/aromatic N) is 1. The number of ether oxygens (including phenoxy) is 1. The molecule has 0 radical (unpaired) electrons. The van der Waals surface area contributed by atoms with Crippen molar-refractivity contribution in [3.63, 3.8) is 0 Å². The van der Waals surface area contributed by atoms with Crippen molar-refractivity contribution < 1.29 is 19.4 Å². The number of aliphatic hydroxyl groups excluding tert-OH is 1. The summed E-state index contributed by atoms with van der Waals surface area (Å²) >= 11 is 0. The van der Waals surface area contributed by atoms with Gasteiger partial charge in [-0.3, -0.25) is 9.69 Å². The van der Waals surface area contributed by atoms with E-state index in [1.54, 1.807) is 6.92 Å². The molecule has 1 heterocycles. The van der Waals surface area contributed by atoms with Crippen LogP contribution in [0, 0.1) is 6.92 Å². The van der Waals surface area contributed by atoms with Crippen LogP contribution >= 0.6 is 0 Å². The molecule has 0 unspecified atom stereocenters. The summed E-state index contributed by atoms with van der Waals surface area (Å²) in [5.74, 6) is 0.666. The molecular weight excluding hydrogens is 368 g/mol. The molecule has 1 saturated heterocycles. The predicted octanol–water partition coefficient (Wildman–Crippen LogP) is 3.33. The first-order valence-electron chi connectivity index (χ1n) is 9.83. The topological polar surface area (TPSA) is 78.9 Å². The number of carbonyl (C=O) groups is 2. The number of nitrogens with one attached hydrogen (secondary N) is 1. The number of rotatable bonds is 7. The lowest BCUT2D eigenvalue weighted by Crippen LogP contribution is -2.42. The summed E-state index contributed by atoms with van der Waals surface area (Å²) in [6.07, 6.45) is -0.991. The van der Waals surface area contributed by atoms with Gasteiger partial charge in [-0.15, -0.1) is 0 Å².